The Hall–Kier alpha value is -2.16. The summed E-state index contributed by atoms with van der Waals surface area (Å²) in [5.74, 6) is 0.259. The van der Waals surface area contributed by atoms with Crippen molar-refractivity contribution < 1.29 is 5.11 Å². The summed E-state index contributed by atoms with van der Waals surface area (Å²) in [6.07, 6.45) is 1.75. The number of hydrogen-bond donors (Lipinski definition) is 1. The zero-order valence-electron chi connectivity index (χ0n) is 9.67. The summed E-state index contributed by atoms with van der Waals surface area (Å²) in [7, 11) is 0. The topological polar surface area (TPSA) is 45.5 Å². The second-order valence-electron chi connectivity index (χ2n) is 3.74. The van der Waals surface area contributed by atoms with Gasteiger partial charge in [0.15, 0.2) is 0 Å². The maximum atomic E-state index is 9.68. The first-order valence-corrected chi connectivity index (χ1v) is 5.46. The lowest BCUT2D eigenvalue weighted by Gasteiger charge is -2.03. The minimum absolute atomic E-state index is 0.259. The highest BCUT2D eigenvalue weighted by atomic mass is 16.3. The maximum Gasteiger partial charge on any atom is 0.124 e. The Bertz CT molecular complexity index is 521. The van der Waals surface area contributed by atoms with Gasteiger partial charge >= 0.3 is 0 Å². The summed E-state index contributed by atoms with van der Waals surface area (Å²) in [5.41, 5.74) is 2.50. The number of benzene rings is 1. The molecule has 3 nitrogen and oxygen atoms in total. The number of aromatic nitrogens is 1. The summed E-state index contributed by atoms with van der Waals surface area (Å²) >= 11 is 0. The number of phenolic OH excluding ortho intramolecular Hbond substituents is 1. The zero-order chi connectivity index (χ0) is 12.1. The Labute approximate surface area is 100 Å². The number of aromatic hydroxyl groups is 1. The smallest absolute Gasteiger partial charge is 0.124 e. The number of nitrogens with zero attached hydrogens (tertiary/aromatic N) is 2. The first kappa shape index (κ1) is 11.3. The molecule has 0 saturated carbocycles. The number of rotatable bonds is 3. The molecule has 0 spiro atoms. The molecule has 0 aliphatic rings. The number of para-hydroxylation sites is 1. The third kappa shape index (κ3) is 2.91. The van der Waals surface area contributed by atoms with Crippen LogP contribution >= 0.6 is 0 Å². The van der Waals surface area contributed by atoms with Crippen molar-refractivity contribution in [3.8, 4) is 5.75 Å². The molecule has 0 bridgehead atoms. The van der Waals surface area contributed by atoms with Gasteiger partial charge < -0.3 is 5.11 Å². The Balaban J connectivity index is 2.16. The van der Waals surface area contributed by atoms with E-state index in [2.05, 4.69) is 9.98 Å². The fourth-order valence-corrected chi connectivity index (χ4v) is 1.56. The van der Waals surface area contributed by atoms with Crippen molar-refractivity contribution in [2.75, 3.05) is 0 Å². The highest BCUT2D eigenvalue weighted by Gasteiger charge is 2.02. The van der Waals surface area contributed by atoms with E-state index in [1.165, 1.54) is 0 Å². The predicted molar refractivity (Wildman–Crippen MR) is 68.3 cm³/mol. The van der Waals surface area contributed by atoms with Crippen LogP contribution in [0.25, 0.3) is 0 Å². The van der Waals surface area contributed by atoms with Crippen LogP contribution in [0, 0.1) is 0 Å². The van der Waals surface area contributed by atoms with Crippen LogP contribution < -0.4 is 0 Å². The molecule has 1 heterocycles. The molecule has 1 N–H and O–H groups in total. The van der Waals surface area contributed by atoms with Crippen molar-refractivity contribution >= 4 is 5.71 Å². The van der Waals surface area contributed by atoms with Crippen molar-refractivity contribution in [3.63, 3.8) is 0 Å². The van der Waals surface area contributed by atoms with Crippen molar-refractivity contribution in [2.24, 2.45) is 4.99 Å². The first-order valence-electron chi connectivity index (χ1n) is 5.46. The molecule has 2 aromatic rings. The monoisotopic (exact) mass is 226 g/mol. The lowest BCUT2D eigenvalue weighted by atomic mass is 10.1. The quantitative estimate of drug-likeness (QED) is 0.818. The molecule has 0 amide bonds. The van der Waals surface area contributed by atoms with Crippen LogP contribution in [0.3, 0.4) is 0 Å². The largest absolute Gasteiger partial charge is 0.507 e. The van der Waals surface area contributed by atoms with Gasteiger partial charge in [0.25, 0.3) is 0 Å². The molecular weight excluding hydrogens is 212 g/mol. The molecule has 1 aromatic heterocycles. The number of pyridine rings is 1. The van der Waals surface area contributed by atoms with Crippen LogP contribution in [-0.4, -0.2) is 15.8 Å². The summed E-state index contributed by atoms with van der Waals surface area (Å²) in [5, 5.41) is 9.68. The Morgan fingerprint density at radius 1 is 1.18 bits per heavy atom. The van der Waals surface area contributed by atoms with Crippen LogP contribution in [0.15, 0.2) is 53.7 Å². The van der Waals surface area contributed by atoms with Gasteiger partial charge in [-0.25, -0.2) is 0 Å². The minimum atomic E-state index is 0.259. The van der Waals surface area contributed by atoms with Gasteiger partial charge in [-0.05, 0) is 31.2 Å². The second-order valence-corrected chi connectivity index (χ2v) is 3.74. The number of hydrogen-bond acceptors (Lipinski definition) is 3. The Kier molecular flexibility index (Phi) is 3.50. The van der Waals surface area contributed by atoms with E-state index in [1.807, 2.05) is 37.3 Å². The highest BCUT2D eigenvalue weighted by molar-refractivity contribution is 6.00. The van der Waals surface area contributed by atoms with Crippen molar-refractivity contribution in [3.05, 3.63) is 59.9 Å². The van der Waals surface area contributed by atoms with Crippen LogP contribution in [-0.2, 0) is 6.54 Å². The molecule has 86 valence electrons. The molecule has 0 fully saturated rings. The fraction of sp³-hybridized carbons (Fsp3) is 0.143. The third-order valence-electron chi connectivity index (χ3n) is 2.50. The van der Waals surface area contributed by atoms with E-state index in [9.17, 15) is 5.11 Å². The molecule has 17 heavy (non-hydrogen) atoms. The van der Waals surface area contributed by atoms with E-state index in [1.54, 1.807) is 18.3 Å². The average molecular weight is 226 g/mol. The zero-order valence-corrected chi connectivity index (χ0v) is 9.67. The average Bonchev–Trinajstić information content (AvgIpc) is 2.38. The molecule has 1 aromatic carbocycles. The molecule has 0 saturated heterocycles. The predicted octanol–water partition coefficient (Wildman–Crippen LogP) is 2.80. The second kappa shape index (κ2) is 5.25. The van der Waals surface area contributed by atoms with E-state index in [0.717, 1.165) is 17.0 Å². The molecule has 0 unspecified atom stereocenters. The van der Waals surface area contributed by atoms with E-state index in [4.69, 9.17) is 0 Å². The lowest BCUT2D eigenvalue weighted by molar-refractivity contribution is 0.474. The SMILES string of the molecule is CC(=NCc1ccccn1)c1ccccc1O. The van der Waals surface area contributed by atoms with Crippen molar-refractivity contribution in [2.45, 2.75) is 13.5 Å². The molecule has 0 aliphatic heterocycles. The van der Waals surface area contributed by atoms with E-state index in [0.29, 0.717) is 6.54 Å². The molecule has 2 rings (SSSR count). The van der Waals surface area contributed by atoms with Gasteiger partial charge in [-0.15, -0.1) is 0 Å². The summed E-state index contributed by atoms with van der Waals surface area (Å²) in [6, 6.07) is 12.9. The van der Waals surface area contributed by atoms with Crippen LogP contribution in [0.4, 0.5) is 0 Å². The minimum Gasteiger partial charge on any atom is -0.507 e. The van der Waals surface area contributed by atoms with Crippen LogP contribution in [0.2, 0.25) is 0 Å². The van der Waals surface area contributed by atoms with Gasteiger partial charge in [-0.3, -0.25) is 9.98 Å². The first-order chi connectivity index (χ1) is 8.27. The maximum absolute atomic E-state index is 9.68. The highest BCUT2D eigenvalue weighted by Crippen LogP contribution is 2.16. The molecular formula is C14H14N2O. The Morgan fingerprint density at radius 2 is 1.94 bits per heavy atom. The Morgan fingerprint density at radius 3 is 2.65 bits per heavy atom. The number of phenols is 1. The van der Waals surface area contributed by atoms with Gasteiger partial charge in [0.2, 0.25) is 0 Å². The van der Waals surface area contributed by atoms with Gasteiger partial charge in [0, 0.05) is 17.5 Å². The number of aliphatic imine (C=N–C) groups is 1. The van der Waals surface area contributed by atoms with E-state index in [-0.39, 0.29) is 5.75 Å². The third-order valence-corrected chi connectivity index (χ3v) is 2.50. The van der Waals surface area contributed by atoms with Crippen molar-refractivity contribution in [1.29, 1.82) is 0 Å². The molecule has 0 radical (unpaired) electrons. The lowest BCUT2D eigenvalue weighted by Crippen LogP contribution is -1.97. The summed E-state index contributed by atoms with van der Waals surface area (Å²) in [6.45, 7) is 2.42. The summed E-state index contributed by atoms with van der Waals surface area (Å²) < 4.78 is 0. The van der Waals surface area contributed by atoms with E-state index >= 15 is 0 Å². The van der Waals surface area contributed by atoms with E-state index < -0.39 is 0 Å². The molecule has 0 atom stereocenters. The standard InChI is InChI=1S/C14H14N2O/c1-11(13-7-2-3-8-14(13)17)16-10-12-6-4-5-9-15-12/h2-9,17H,10H2,1H3. The van der Waals surface area contributed by atoms with Crippen LogP contribution in [0.1, 0.15) is 18.2 Å². The van der Waals surface area contributed by atoms with Crippen molar-refractivity contribution in [1.82, 2.24) is 4.98 Å². The molecule has 3 heteroatoms. The van der Waals surface area contributed by atoms with Gasteiger partial charge in [0.05, 0.1) is 12.2 Å². The van der Waals surface area contributed by atoms with Crippen LogP contribution in [0.5, 0.6) is 5.75 Å². The molecule has 0 aliphatic carbocycles. The summed E-state index contributed by atoms with van der Waals surface area (Å²) in [4.78, 5) is 8.62. The normalized spacial score (nSPS) is 11.5. The van der Waals surface area contributed by atoms with Gasteiger partial charge in [0.1, 0.15) is 5.75 Å². The fourth-order valence-electron chi connectivity index (χ4n) is 1.56. The van der Waals surface area contributed by atoms with Gasteiger partial charge in [-0.2, -0.15) is 0 Å². The van der Waals surface area contributed by atoms with Gasteiger partial charge in [-0.1, -0.05) is 18.2 Å².